The third-order valence-electron chi connectivity index (χ3n) is 5.23. The molecule has 1 aliphatic rings. The van der Waals surface area contributed by atoms with Gasteiger partial charge in [-0.25, -0.2) is 15.0 Å². The molecule has 164 valence electrons. The van der Waals surface area contributed by atoms with Crippen molar-refractivity contribution in [2.24, 2.45) is 0 Å². The molecule has 1 N–H and O–H groups in total. The molecule has 1 aromatic heterocycles. The quantitative estimate of drug-likeness (QED) is 0.521. The zero-order valence-electron chi connectivity index (χ0n) is 17.3. The van der Waals surface area contributed by atoms with Crippen LogP contribution in [0.2, 0.25) is 5.02 Å². The van der Waals surface area contributed by atoms with E-state index in [0.717, 1.165) is 34.7 Å². The fourth-order valence-electron chi connectivity index (χ4n) is 3.70. The van der Waals surface area contributed by atoms with E-state index in [0.29, 0.717) is 36.1 Å². The van der Waals surface area contributed by atoms with E-state index in [1.807, 2.05) is 48.3 Å². The second-order valence-electron chi connectivity index (χ2n) is 7.48. The van der Waals surface area contributed by atoms with Gasteiger partial charge >= 0.3 is 0 Å². The standard InChI is InChI=1S/C22H25ClN4O3S/c1-16-24-20-12-18(6-7-22(20)31-16)30-14-17(29)13-25-8-10-26(11-9-25)27(15-28)21-5-3-2-4-19(21)23/h2-7,12,15,17,29H,8-11,13-14H2,1H3/t17-/m1/s1. The number of amides is 1. The van der Waals surface area contributed by atoms with Crippen molar-refractivity contribution < 1.29 is 14.6 Å². The highest BCUT2D eigenvalue weighted by Gasteiger charge is 2.24. The average Bonchev–Trinajstić information content (AvgIpc) is 3.14. The number of carbonyl (C=O) groups is 1. The number of benzene rings is 2. The number of para-hydroxylation sites is 1. The Morgan fingerprint density at radius 3 is 2.77 bits per heavy atom. The summed E-state index contributed by atoms with van der Waals surface area (Å²) >= 11 is 7.90. The zero-order chi connectivity index (χ0) is 21.8. The highest BCUT2D eigenvalue weighted by Crippen LogP contribution is 2.27. The molecule has 2 heterocycles. The van der Waals surface area contributed by atoms with Gasteiger partial charge in [0.1, 0.15) is 18.5 Å². The third kappa shape index (κ3) is 5.34. The van der Waals surface area contributed by atoms with E-state index < -0.39 is 6.10 Å². The van der Waals surface area contributed by atoms with Crippen LogP contribution in [0.4, 0.5) is 5.69 Å². The van der Waals surface area contributed by atoms with Crippen LogP contribution in [-0.4, -0.2) is 71.8 Å². The van der Waals surface area contributed by atoms with Crippen molar-refractivity contribution in [2.75, 3.05) is 44.3 Å². The van der Waals surface area contributed by atoms with Gasteiger partial charge in [-0.1, -0.05) is 23.7 Å². The lowest BCUT2D eigenvalue weighted by Gasteiger charge is -2.40. The average molecular weight is 461 g/mol. The predicted molar refractivity (Wildman–Crippen MR) is 124 cm³/mol. The molecule has 0 unspecified atom stereocenters. The lowest BCUT2D eigenvalue weighted by Crippen LogP contribution is -2.55. The van der Waals surface area contributed by atoms with E-state index in [1.165, 1.54) is 0 Å². The fourth-order valence-corrected chi connectivity index (χ4v) is 4.73. The molecule has 0 radical (unpaired) electrons. The first-order chi connectivity index (χ1) is 15.0. The lowest BCUT2D eigenvalue weighted by molar-refractivity contribution is -0.110. The molecular weight excluding hydrogens is 436 g/mol. The number of aliphatic hydroxyl groups excluding tert-OH is 1. The number of piperazine rings is 1. The lowest BCUT2D eigenvalue weighted by atomic mass is 10.2. The van der Waals surface area contributed by atoms with Crippen LogP contribution < -0.4 is 9.75 Å². The van der Waals surface area contributed by atoms with E-state index in [4.69, 9.17) is 16.3 Å². The highest BCUT2D eigenvalue weighted by atomic mass is 35.5. The van der Waals surface area contributed by atoms with Crippen molar-refractivity contribution in [1.82, 2.24) is 14.9 Å². The van der Waals surface area contributed by atoms with Crippen molar-refractivity contribution in [3.8, 4) is 5.75 Å². The molecule has 0 aliphatic carbocycles. The molecule has 1 amide bonds. The van der Waals surface area contributed by atoms with Crippen molar-refractivity contribution in [2.45, 2.75) is 13.0 Å². The Labute approximate surface area is 190 Å². The molecule has 1 fully saturated rings. The van der Waals surface area contributed by atoms with E-state index >= 15 is 0 Å². The maximum Gasteiger partial charge on any atom is 0.228 e. The summed E-state index contributed by atoms with van der Waals surface area (Å²) in [6.45, 7) is 5.51. The second kappa shape index (κ2) is 9.93. The van der Waals surface area contributed by atoms with Crippen LogP contribution >= 0.6 is 22.9 Å². The Morgan fingerprint density at radius 2 is 2.03 bits per heavy atom. The highest BCUT2D eigenvalue weighted by molar-refractivity contribution is 7.18. The largest absolute Gasteiger partial charge is 0.491 e. The molecule has 1 saturated heterocycles. The molecule has 4 rings (SSSR count). The van der Waals surface area contributed by atoms with E-state index in [1.54, 1.807) is 22.4 Å². The summed E-state index contributed by atoms with van der Waals surface area (Å²) in [5.74, 6) is 0.711. The number of anilines is 1. The Bertz CT molecular complexity index is 1040. The first-order valence-electron chi connectivity index (χ1n) is 10.2. The Balaban J connectivity index is 1.26. The molecule has 1 atom stereocenters. The molecular formula is C22H25ClN4O3S. The molecule has 0 saturated carbocycles. The van der Waals surface area contributed by atoms with Gasteiger partial charge in [-0.2, -0.15) is 0 Å². The topological polar surface area (TPSA) is 69.1 Å². The summed E-state index contributed by atoms with van der Waals surface area (Å²) in [6.07, 6.45) is 0.186. The fraction of sp³-hybridized carbons (Fsp3) is 0.364. The van der Waals surface area contributed by atoms with Crippen molar-refractivity contribution in [3.05, 3.63) is 52.5 Å². The van der Waals surface area contributed by atoms with E-state index in [-0.39, 0.29) is 6.61 Å². The minimum atomic E-state index is -0.606. The van der Waals surface area contributed by atoms with Gasteiger partial charge < -0.3 is 9.84 Å². The van der Waals surface area contributed by atoms with Crippen molar-refractivity contribution >= 4 is 45.3 Å². The third-order valence-corrected chi connectivity index (χ3v) is 6.50. The number of nitrogens with zero attached hydrogens (tertiary/aromatic N) is 4. The molecule has 1 aliphatic heterocycles. The van der Waals surface area contributed by atoms with Gasteiger partial charge in [0.2, 0.25) is 6.41 Å². The number of thiazole rings is 1. The maximum absolute atomic E-state index is 11.7. The zero-order valence-corrected chi connectivity index (χ0v) is 18.8. The van der Waals surface area contributed by atoms with Gasteiger partial charge in [0.05, 0.1) is 25.9 Å². The predicted octanol–water partition coefficient (Wildman–Crippen LogP) is 3.19. The number of hydrogen-bond acceptors (Lipinski definition) is 7. The summed E-state index contributed by atoms with van der Waals surface area (Å²) in [7, 11) is 0. The number of aromatic nitrogens is 1. The first kappa shape index (κ1) is 22.0. The molecule has 0 bridgehead atoms. The molecule has 3 aromatic rings. The number of fused-ring (bicyclic) bond motifs is 1. The summed E-state index contributed by atoms with van der Waals surface area (Å²) in [5.41, 5.74) is 1.59. The monoisotopic (exact) mass is 460 g/mol. The van der Waals surface area contributed by atoms with Crippen LogP contribution in [0.25, 0.3) is 10.2 Å². The number of carbonyl (C=O) groups excluding carboxylic acids is 1. The second-order valence-corrected chi connectivity index (χ2v) is 9.12. The van der Waals surface area contributed by atoms with Gasteiger partial charge in [-0.3, -0.25) is 9.69 Å². The first-order valence-corrected chi connectivity index (χ1v) is 11.4. The Kier molecular flexibility index (Phi) is 7.04. The number of hydrazine groups is 1. The SMILES string of the molecule is Cc1nc2cc(OC[C@H](O)CN3CCN(N(C=O)c4ccccc4Cl)CC3)ccc2s1. The number of β-amino-alcohol motifs (C(OH)–C–C–N with tert-alkyl or cyclic N) is 1. The molecule has 2 aromatic carbocycles. The maximum atomic E-state index is 11.7. The van der Waals surface area contributed by atoms with Crippen molar-refractivity contribution in [1.29, 1.82) is 0 Å². The number of aryl methyl sites for hydroxylation is 1. The summed E-state index contributed by atoms with van der Waals surface area (Å²) in [6, 6.07) is 13.1. The van der Waals surface area contributed by atoms with Crippen LogP contribution in [0, 0.1) is 6.92 Å². The number of halogens is 1. The van der Waals surface area contributed by atoms with Crippen LogP contribution in [0.3, 0.4) is 0 Å². The van der Waals surface area contributed by atoms with Crippen LogP contribution in [-0.2, 0) is 4.79 Å². The Hall–Kier alpha value is -2.23. The Morgan fingerprint density at radius 1 is 1.26 bits per heavy atom. The van der Waals surface area contributed by atoms with Crippen LogP contribution in [0.15, 0.2) is 42.5 Å². The summed E-state index contributed by atoms with van der Waals surface area (Å²) in [5, 5.41) is 15.5. The van der Waals surface area contributed by atoms with Gasteiger partial charge in [0.15, 0.2) is 0 Å². The minimum absolute atomic E-state index is 0.217. The molecule has 9 heteroatoms. The number of hydrogen-bond donors (Lipinski definition) is 1. The molecule has 7 nitrogen and oxygen atoms in total. The van der Waals surface area contributed by atoms with Crippen LogP contribution in [0.5, 0.6) is 5.75 Å². The number of rotatable bonds is 8. The van der Waals surface area contributed by atoms with Gasteiger partial charge in [0, 0.05) is 38.8 Å². The number of ether oxygens (including phenoxy) is 1. The van der Waals surface area contributed by atoms with Crippen molar-refractivity contribution in [3.63, 3.8) is 0 Å². The molecule has 0 spiro atoms. The summed E-state index contributed by atoms with van der Waals surface area (Å²) < 4.78 is 6.91. The van der Waals surface area contributed by atoms with Crippen LogP contribution in [0.1, 0.15) is 5.01 Å². The van der Waals surface area contributed by atoms with Gasteiger partial charge in [0.25, 0.3) is 0 Å². The molecule has 31 heavy (non-hydrogen) atoms. The van der Waals surface area contributed by atoms with Gasteiger partial charge in [-0.15, -0.1) is 11.3 Å². The normalized spacial score (nSPS) is 16.4. The smallest absolute Gasteiger partial charge is 0.228 e. The number of aliphatic hydroxyl groups is 1. The minimum Gasteiger partial charge on any atom is -0.491 e. The van der Waals surface area contributed by atoms with E-state index in [2.05, 4.69) is 9.88 Å². The van der Waals surface area contributed by atoms with E-state index in [9.17, 15) is 9.90 Å². The van der Waals surface area contributed by atoms with Gasteiger partial charge in [-0.05, 0) is 31.2 Å². The summed E-state index contributed by atoms with van der Waals surface area (Å²) in [4.78, 5) is 18.3.